The lowest BCUT2D eigenvalue weighted by Crippen LogP contribution is -2.33. The topological polar surface area (TPSA) is 73.2 Å². The monoisotopic (exact) mass is 417 g/mol. The molecule has 1 saturated carbocycles. The van der Waals surface area contributed by atoms with Gasteiger partial charge in [0.1, 0.15) is 0 Å². The predicted molar refractivity (Wildman–Crippen MR) is 118 cm³/mol. The van der Waals surface area contributed by atoms with Crippen molar-refractivity contribution in [2.45, 2.75) is 51.7 Å². The number of hydrogen-bond donors (Lipinski definition) is 1. The SMILES string of the molecule is Cc1nn(-c2ccccc2)c(C)c1CCC(=O)O[C@H](C(=O)NC1CC1)c1ccccc1. The molecule has 1 aromatic heterocycles. The van der Waals surface area contributed by atoms with Crippen LogP contribution in [0.2, 0.25) is 0 Å². The minimum atomic E-state index is -0.927. The molecular formula is C25H27N3O3. The summed E-state index contributed by atoms with van der Waals surface area (Å²) in [6, 6.07) is 19.3. The Morgan fingerprint density at radius 1 is 1.06 bits per heavy atom. The van der Waals surface area contributed by atoms with E-state index in [1.807, 2.05) is 79.2 Å². The van der Waals surface area contributed by atoms with Crippen LogP contribution in [0, 0.1) is 13.8 Å². The van der Waals surface area contributed by atoms with Crippen molar-refractivity contribution < 1.29 is 14.3 Å². The molecule has 0 bridgehead atoms. The van der Waals surface area contributed by atoms with E-state index in [0.29, 0.717) is 12.0 Å². The Balaban J connectivity index is 1.44. The van der Waals surface area contributed by atoms with Crippen LogP contribution < -0.4 is 5.32 Å². The Bertz CT molecular complexity index is 1060. The van der Waals surface area contributed by atoms with Crippen LogP contribution in [-0.2, 0) is 20.7 Å². The minimum absolute atomic E-state index is 0.183. The molecule has 31 heavy (non-hydrogen) atoms. The summed E-state index contributed by atoms with van der Waals surface area (Å²) < 4.78 is 7.54. The lowest BCUT2D eigenvalue weighted by Gasteiger charge is -2.18. The largest absolute Gasteiger partial charge is 0.447 e. The van der Waals surface area contributed by atoms with Crippen LogP contribution >= 0.6 is 0 Å². The van der Waals surface area contributed by atoms with Crippen molar-refractivity contribution in [3.63, 3.8) is 0 Å². The Kier molecular flexibility index (Phi) is 6.16. The van der Waals surface area contributed by atoms with E-state index in [-0.39, 0.29) is 18.4 Å². The van der Waals surface area contributed by atoms with Crippen LogP contribution in [0.4, 0.5) is 0 Å². The van der Waals surface area contributed by atoms with Crippen LogP contribution in [-0.4, -0.2) is 27.7 Å². The number of hydrogen-bond acceptors (Lipinski definition) is 4. The van der Waals surface area contributed by atoms with Gasteiger partial charge in [0.05, 0.1) is 11.4 Å². The van der Waals surface area contributed by atoms with Gasteiger partial charge in [0.15, 0.2) is 0 Å². The van der Waals surface area contributed by atoms with E-state index in [4.69, 9.17) is 4.74 Å². The van der Waals surface area contributed by atoms with Crippen LogP contribution in [0.15, 0.2) is 60.7 Å². The predicted octanol–water partition coefficient (Wildman–Crippen LogP) is 3.98. The van der Waals surface area contributed by atoms with Crippen molar-refractivity contribution in [1.82, 2.24) is 15.1 Å². The Labute approximate surface area is 182 Å². The number of ether oxygens (including phenoxy) is 1. The normalized spacial score (nSPS) is 14.1. The summed E-state index contributed by atoms with van der Waals surface area (Å²) in [7, 11) is 0. The number of aryl methyl sites for hydroxylation is 1. The van der Waals surface area contributed by atoms with E-state index in [9.17, 15) is 9.59 Å². The first-order valence-electron chi connectivity index (χ1n) is 10.7. The molecular weight excluding hydrogens is 390 g/mol. The standard InChI is InChI=1S/C25H27N3O3/c1-17-22(18(2)28(27-17)21-11-7-4-8-12-21)15-16-23(29)31-24(19-9-5-3-6-10-19)25(30)26-20-13-14-20/h3-12,20,24H,13-16H2,1-2H3,(H,26,30)/t24-/m0/s1. The zero-order valence-corrected chi connectivity index (χ0v) is 17.9. The molecule has 0 radical (unpaired) electrons. The molecule has 1 heterocycles. The zero-order chi connectivity index (χ0) is 21.8. The van der Waals surface area contributed by atoms with Gasteiger partial charge in [0.25, 0.3) is 5.91 Å². The first kappa shape index (κ1) is 20.8. The smallest absolute Gasteiger partial charge is 0.307 e. The lowest BCUT2D eigenvalue weighted by molar-refractivity contribution is -0.156. The number of aromatic nitrogens is 2. The van der Waals surface area contributed by atoms with E-state index in [1.54, 1.807) is 0 Å². The third-order valence-corrected chi connectivity index (χ3v) is 5.53. The van der Waals surface area contributed by atoms with Crippen molar-refractivity contribution in [3.05, 3.63) is 83.2 Å². The highest BCUT2D eigenvalue weighted by Gasteiger charge is 2.30. The molecule has 1 aliphatic carbocycles. The number of carbonyl (C=O) groups is 2. The molecule has 0 aliphatic heterocycles. The van der Waals surface area contributed by atoms with Gasteiger partial charge in [0, 0.05) is 23.7 Å². The summed E-state index contributed by atoms with van der Waals surface area (Å²) >= 11 is 0. The number of nitrogens with zero attached hydrogens (tertiary/aromatic N) is 2. The molecule has 1 amide bonds. The van der Waals surface area contributed by atoms with Crippen molar-refractivity contribution in [2.75, 3.05) is 0 Å². The van der Waals surface area contributed by atoms with Gasteiger partial charge >= 0.3 is 5.97 Å². The van der Waals surface area contributed by atoms with Crippen LogP contribution in [0.1, 0.15) is 47.9 Å². The van der Waals surface area contributed by atoms with E-state index in [0.717, 1.165) is 35.5 Å². The number of para-hydroxylation sites is 1. The molecule has 2 aromatic carbocycles. The van der Waals surface area contributed by atoms with E-state index in [1.165, 1.54) is 0 Å². The van der Waals surface area contributed by atoms with Gasteiger partial charge in [-0.25, -0.2) is 4.68 Å². The number of esters is 1. The summed E-state index contributed by atoms with van der Waals surface area (Å²) in [4.78, 5) is 25.3. The Hall–Kier alpha value is -3.41. The van der Waals surface area contributed by atoms with Gasteiger partial charge in [0.2, 0.25) is 6.10 Å². The first-order valence-corrected chi connectivity index (χ1v) is 10.7. The van der Waals surface area contributed by atoms with Crippen molar-refractivity contribution in [2.24, 2.45) is 0 Å². The van der Waals surface area contributed by atoms with Crippen molar-refractivity contribution >= 4 is 11.9 Å². The van der Waals surface area contributed by atoms with E-state index >= 15 is 0 Å². The molecule has 6 nitrogen and oxygen atoms in total. The molecule has 3 aromatic rings. The first-order chi connectivity index (χ1) is 15.0. The maximum absolute atomic E-state index is 12.7. The Morgan fingerprint density at radius 3 is 2.35 bits per heavy atom. The highest BCUT2D eigenvalue weighted by atomic mass is 16.5. The molecule has 0 saturated heterocycles. The molecule has 4 rings (SSSR count). The molecule has 0 unspecified atom stereocenters. The Morgan fingerprint density at radius 2 is 1.71 bits per heavy atom. The summed E-state index contributed by atoms with van der Waals surface area (Å²) in [6.45, 7) is 3.95. The van der Waals surface area contributed by atoms with Gasteiger partial charge in [-0.1, -0.05) is 48.5 Å². The molecule has 0 spiro atoms. The minimum Gasteiger partial charge on any atom is -0.447 e. The fourth-order valence-corrected chi connectivity index (χ4v) is 3.68. The average Bonchev–Trinajstić information content (AvgIpc) is 3.55. The number of carbonyl (C=O) groups excluding carboxylic acids is 2. The van der Waals surface area contributed by atoms with Gasteiger partial charge in [-0.05, 0) is 50.8 Å². The van der Waals surface area contributed by atoms with Gasteiger partial charge < -0.3 is 10.1 Å². The maximum atomic E-state index is 12.7. The number of benzene rings is 2. The highest BCUT2D eigenvalue weighted by molar-refractivity contribution is 5.85. The zero-order valence-electron chi connectivity index (χ0n) is 17.9. The highest BCUT2D eigenvalue weighted by Crippen LogP contribution is 2.24. The second-order valence-corrected chi connectivity index (χ2v) is 7.96. The van der Waals surface area contributed by atoms with Crippen LogP contribution in [0.5, 0.6) is 0 Å². The van der Waals surface area contributed by atoms with Crippen LogP contribution in [0.25, 0.3) is 5.69 Å². The lowest BCUT2D eigenvalue weighted by atomic mass is 10.1. The van der Waals surface area contributed by atoms with Gasteiger partial charge in [-0.2, -0.15) is 5.10 Å². The van der Waals surface area contributed by atoms with Crippen LogP contribution in [0.3, 0.4) is 0 Å². The summed E-state index contributed by atoms with van der Waals surface area (Å²) in [6.07, 6.45) is 1.72. The molecule has 6 heteroatoms. The second kappa shape index (κ2) is 9.16. The fourth-order valence-electron chi connectivity index (χ4n) is 3.68. The molecule has 1 aliphatic rings. The van der Waals surface area contributed by atoms with Gasteiger partial charge in [-0.3, -0.25) is 9.59 Å². The number of amides is 1. The molecule has 1 atom stereocenters. The van der Waals surface area contributed by atoms with E-state index in [2.05, 4.69) is 10.4 Å². The van der Waals surface area contributed by atoms with E-state index < -0.39 is 12.1 Å². The second-order valence-electron chi connectivity index (χ2n) is 7.96. The number of rotatable bonds is 8. The summed E-state index contributed by atoms with van der Waals surface area (Å²) in [5, 5.41) is 7.58. The third kappa shape index (κ3) is 5.02. The number of nitrogens with one attached hydrogen (secondary N) is 1. The quantitative estimate of drug-likeness (QED) is 0.563. The third-order valence-electron chi connectivity index (χ3n) is 5.53. The van der Waals surface area contributed by atoms with Gasteiger partial charge in [-0.15, -0.1) is 0 Å². The average molecular weight is 418 g/mol. The summed E-state index contributed by atoms with van der Waals surface area (Å²) in [5.74, 6) is -0.655. The fraction of sp³-hybridized carbons (Fsp3) is 0.320. The van der Waals surface area contributed by atoms with Crippen molar-refractivity contribution in [1.29, 1.82) is 0 Å². The summed E-state index contributed by atoms with van der Waals surface area (Å²) in [5.41, 5.74) is 4.58. The molecule has 1 N–H and O–H groups in total. The molecule has 160 valence electrons. The van der Waals surface area contributed by atoms with Crippen molar-refractivity contribution in [3.8, 4) is 5.69 Å². The maximum Gasteiger partial charge on any atom is 0.307 e. The molecule has 1 fully saturated rings.